The number of hydrogen-bond donors (Lipinski definition) is 3. The number of nitrogens with one attached hydrogen (secondary N) is 3. The highest BCUT2D eigenvalue weighted by Gasteiger charge is 2.34. The third-order valence-electron chi connectivity index (χ3n) is 14.3. The third kappa shape index (κ3) is 25.7. The van der Waals surface area contributed by atoms with Gasteiger partial charge >= 0.3 is 7.82 Å². The van der Waals surface area contributed by atoms with Crippen LogP contribution in [0.1, 0.15) is 188 Å². The van der Waals surface area contributed by atoms with E-state index < -0.39 is 25.9 Å². The SMILES string of the molecule is CCCCCCCC(=O)NC(COP(=O)(OCC(NC(=O)CCCCCCC)c1cccc(OCc2ccccc2)c1)OCC(NC(=O)CCCCCCC)c1cccc(OCc2ccccc2)c1)c1cccc(OCc2ccccc2)c1. The summed E-state index contributed by atoms with van der Waals surface area (Å²) in [5, 5.41) is 9.49. The van der Waals surface area contributed by atoms with Gasteiger partial charge in [-0.1, -0.05) is 225 Å². The number of benzene rings is 6. The summed E-state index contributed by atoms with van der Waals surface area (Å²) < 4.78 is 53.9. The van der Waals surface area contributed by atoms with Crippen LogP contribution in [-0.4, -0.2) is 37.5 Å². The van der Waals surface area contributed by atoms with E-state index in [1.54, 1.807) is 0 Å². The van der Waals surface area contributed by atoms with Crippen LogP contribution in [0.5, 0.6) is 17.2 Å². The minimum absolute atomic E-state index is 0.193. The molecular weight excluding hydrogens is 1060 g/mol. The Kier molecular flexibility index (Phi) is 30.1. The van der Waals surface area contributed by atoms with Crippen LogP contribution in [-0.2, 0) is 52.3 Å². The molecule has 6 aromatic rings. The van der Waals surface area contributed by atoms with Gasteiger partial charge in [-0.2, -0.15) is 0 Å². The van der Waals surface area contributed by atoms with Crippen LogP contribution in [0.3, 0.4) is 0 Å². The minimum Gasteiger partial charge on any atom is -0.489 e. The number of carbonyl (C=O) groups is 3. The van der Waals surface area contributed by atoms with Gasteiger partial charge in [0.25, 0.3) is 0 Å². The highest BCUT2D eigenvalue weighted by molar-refractivity contribution is 7.48. The summed E-state index contributed by atoms with van der Waals surface area (Å²) in [6.07, 6.45) is 15.4. The summed E-state index contributed by atoms with van der Waals surface area (Å²) >= 11 is 0. The number of unbranched alkanes of at least 4 members (excludes halogenated alkanes) is 12. The van der Waals surface area contributed by atoms with Gasteiger partial charge in [0, 0.05) is 19.3 Å². The maximum Gasteiger partial charge on any atom is 0.475 e. The van der Waals surface area contributed by atoms with Crippen LogP contribution in [0.25, 0.3) is 0 Å². The average Bonchev–Trinajstić information content (AvgIpc) is 3.52. The van der Waals surface area contributed by atoms with Crippen molar-refractivity contribution >= 4 is 25.5 Å². The van der Waals surface area contributed by atoms with Crippen LogP contribution in [0.4, 0.5) is 0 Å². The Hall–Kier alpha value is -6.76. The summed E-state index contributed by atoms with van der Waals surface area (Å²) in [4.78, 5) is 41.6. The third-order valence-corrected chi connectivity index (χ3v) is 15.6. The fourth-order valence-electron chi connectivity index (χ4n) is 9.43. The molecule has 14 heteroatoms. The van der Waals surface area contributed by atoms with E-state index in [4.69, 9.17) is 27.8 Å². The molecule has 3 unspecified atom stereocenters. The summed E-state index contributed by atoms with van der Waals surface area (Å²) in [5.74, 6) is 1.12. The van der Waals surface area contributed by atoms with Crippen molar-refractivity contribution in [2.45, 2.75) is 174 Å². The van der Waals surface area contributed by atoms with Crippen LogP contribution < -0.4 is 30.2 Å². The summed E-state index contributed by atoms with van der Waals surface area (Å²) in [6.45, 7) is 6.42. The number of carbonyl (C=O) groups excluding carboxylic acids is 3. The lowest BCUT2D eigenvalue weighted by Crippen LogP contribution is -2.33. The van der Waals surface area contributed by atoms with E-state index in [1.807, 2.05) is 164 Å². The molecule has 13 nitrogen and oxygen atoms in total. The Morgan fingerprint density at radius 3 is 0.916 bits per heavy atom. The van der Waals surface area contributed by atoms with E-state index in [0.29, 0.717) is 73.0 Å². The smallest absolute Gasteiger partial charge is 0.475 e. The van der Waals surface area contributed by atoms with Gasteiger partial charge in [-0.25, -0.2) is 4.57 Å². The second kappa shape index (κ2) is 38.2. The first-order chi connectivity index (χ1) is 40.6. The van der Waals surface area contributed by atoms with Gasteiger partial charge < -0.3 is 30.2 Å². The molecule has 0 aliphatic heterocycles. The van der Waals surface area contributed by atoms with Gasteiger partial charge in [0.05, 0.1) is 37.9 Å². The molecule has 0 saturated carbocycles. The number of amides is 3. The monoisotopic (exact) mass is 1150 g/mol. The Morgan fingerprint density at radius 2 is 0.639 bits per heavy atom. The highest BCUT2D eigenvalue weighted by atomic mass is 31.2. The molecule has 0 heterocycles. The fraction of sp³-hybridized carbons (Fsp3) is 0.435. The lowest BCUT2D eigenvalue weighted by Gasteiger charge is -2.27. The number of hydrogen-bond acceptors (Lipinski definition) is 10. The van der Waals surface area contributed by atoms with Gasteiger partial charge in [-0.15, -0.1) is 0 Å². The molecular formula is C69H90N3O10P. The summed E-state index contributed by atoms with van der Waals surface area (Å²) in [6, 6.07) is 49.2. The van der Waals surface area contributed by atoms with Crippen molar-refractivity contribution in [1.82, 2.24) is 16.0 Å². The van der Waals surface area contributed by atoms with E-state index >= 15 is 4.57 Å². The van der Waals surface area contributed by atoms with E-state index in [-0.39, 0.29) is 56.8 Å². The van der Waals surface area contributed by atoms with Crippen molar-refractivity contribution < 1.29 is 46.7 Å². The molecule has 0 fully saturated rings. The molecule has 0 aliphatic rings. The minimum atomic E-state index is -4.72. The molecule has 0 spiro atoms. The summed E-state index contributed by atoms with van der Waals surface area (Å²) in [5.41, 5.74) is 4.92. The second-order valence-electron chi connectivity index (χ2n) is 21.2. The zero-order chi connectivity index (χ0) is 58.6. The normalized spacial score (nSPS) is 13.0. The Balaban J connectivity index is 1.33. The largest absolute Gasteiger partial charge is 0.489 e. The molecule has 0 radical (unpaired) electrons. The van der Waals surface area contributed by atoms with Crippen molar-refractivity contribution in [2.75, 3.05) is 19.8 Å². The molecule has 3 N–H and O–H groups in total. The van der Waals surface area contributed by atoms with Gasteiger partial charge in [0.1, 0.15) is 37.1 Å². The van der Waals surface area contributed by atoms with Crippen molar-refractivity contribution in [3.05, 3.63) is 197 Å². The van der Waals surface area contributed by atoms with E-state index in [9.17, 15) is 14.4 Å². The topological polar surface area (TPSA) is 160 Å². The molecule has 6 rings (SSSR count). The number of phosphoric ester groups is 1. The molecule has 3 atom stereocenters. The lowest BCUT2D eigenvalue weighted by atomic mass is 10.1. The first kappa shape index (κ1) is 65.4. The summed E-state index contributed by atoms with van der Waals surface area (Å²) in [7, 11) is -4.72. The zero-order valence-electron chi connectivity index (χ0n) is 49.3. The number of rotatable bonds is 42. The Labute approximate surface area is 494 Å². The van der Waals surface area contributed by atoms with Gasteiger partial charge in [0.2, 0.25) is 17.7 Å². The highest BCUT2D eigenvalue weighted by Crippen LogP contribution is 2.51. The van der Waals surface area contributed by atoms with E-state index in [0.717, 1.165) is 93.7 Å². The van der Waals surface area contributed by atoms with Crippen molar-refractivity contribution in [1.29, 1.82) is 0 Å². The molecule has 0 aliphatic carbocycles. The van der Waals surface area contributed by atoms with Crippen molar-refractivity contribution in [3.63, 3.8) is 0 Å². The maximum absolute atomic E-state index is 15.8. The zero-order valence-corrected chi connectivity index (χ0v) is 50.2. The van der Waals surface area contributed by atoms with Crippen LogP contribution in [0.15, 0.2) is 164 Å². The van der Waals surface area contributed by atoms with E-state index in [2.05, 4.69) is 36.7 Å². The predicted octanol–water partition coefficient (Wildman–Crippen LogP) is 16.5. The molecule has 0 aromatic heterocycles. The molecule has 83 heavy (non-hydrogen) atoms. The first-order valence-corrected chi connectivity index (χ1v) is 31.8. The Morgan fingerprint density at radius 1 is 0.361 bits per heavy atom. The Bertz CT molecular complexity index is 2520. The second-order valence-corrected chi connectivity index (χ2v) is 22.9. The van der Waals surface area contributed by atoms with E-state index in [1.165, 1.54) is 0 Å². The fourth-order valence-corrected chi connectivity index (χ4v) is 10.6. The lowest BCUT2D eigenvalue weighted by molar-refractivity contribution is -0.123. The first-order valence-electron chi connectivity index (χ1n) is 30.3. The number of phosphoric acid groups is 1. The molecule has 3 amide bonds. The molecule has 6 aromatic carbocycles. The number of ether oxygens (including phenoxy) is 3. The van der Waals surface area contributed by atoms with Crippen molar-refractivity contribution in [2.24, 2.45) is 0 Å². The molecule has 446 valence electrons. The quantitative estimate of drug-likeness (QED) is 0.0249. The van der Waals surface area contributed by atoms with Crippen LogP contribution in [0, 0.1) is 0 Å². The van der Waals surface area contributed by atoms with Gasteiger partial charge in [0.15, 0.2) is 0 Å². The van der Waals surface area contributed by atoms with Crippen LogP contribution in [0.2, 0.25) is 0 Å². The average molecular weight is 1150 g/mol. The molecule has 0 bridgehead atoms. The predicted molar refractivity (Wildman–Crippen MR) is 330 cm³/mol. The van der Waals surface area contributed by atoms with Crippen molar-refractivity contribution in [3.8, 4) is 17.2 Å². The maximum atomic E-state index is 15.8. The van der Waals surface area contributed by atoms with Crippen LogP contribution >= 0.6 is 7.82 Å². The van der Waals surface area contributed by atoms with Gasteiger partial charge in [-0.05, 0) is 89.0 Å². The molecule has 0 saturated heterocycles. The standard InChI is InChI=1S/C69H90N3O10P/c1-4-7-10-13-25-43-67(73)70-64(58-37-28-40-61(46-58)77-49-55-31-19-16-20-32-55)52-80-83(76,81-53-65(71-68(74)44-26-14-11-8-5-2)59-38-29-41-62(47-59)78-50-56-33-21-17-22-34-56)82-54-66(72-69(75)45-27-15-12-9-6-3)60-39-30-42-63(48-60)79-51-57-35-23-18-24-36-57/h16-24,28-42,46-48,64-66H,4-15,25-27,43-45,49-54H2,1-3H3,(H,70,73)(H,71,74)(H,72,75). The van der Waals surface area contributed by atoms with Gasteiger partial charge in [-0.3, -0.25) is 28.0 Å².